The predicted molar refractivity (Wildman–Crippen MR) is 90.9 cm³/mol. The number of carbonyl (C=O) groups is 2. The van der Waals surface area contributed by atoms with Gasteiger partial charge in [-0.05, 0) is 44.0 Å². The zero-order valence-corrected chi connectivity index (χ0v) is 13.8. The van der Waals surface area contributed by atoms with E-state index in [0.29, 0.717) is 18.0 Å². The SMILES string of the molecule is CCOC(=O)N(C)c1ccc(NC(=O)NC2CCCCC2)cc1. The molecule has 0 radical (unpaired) electrons. The van der Waals surface area contributed by atoms with Gasteiger partial charge in [0.15, 0.2) is 0 Å². The summed E-state index contributed by atoms with van der Waals surface area (Å²) in [6.45, 7) is 2.10. The van der Waals surface area contributed by atoms with Crippen LogP contribution in [0.4, 0.5) is 21.0 Å². The van der Waals surface area contributed by atoms with Crippen LogP contribution in [0, 0.1) is 0 Å². The van der Waals surface area contributed by atoms with E-state index in [1.54, 1.807) is 38.2 Å². The fraction of sp³-hybridized carbons (Fsp3) is 0.529. The Morgan fingerprint density at radius 1 is 1.17 bits per heavy atom. The minimum absolute atomic E-state index is 0.177. The highest BCUT2D eigenvalue weighted by Gasteiger charge is 2.16. The lowest BCUT2D eigenvalue weighted by atomic mass is 9.96. The lowest BCUT2D eigenvalue weighted by Crippen LogP contribution is -2.39. The summed E-state index contributed by atoms with van der Waals surface area (Å²) in [7, 11) is 1.65. The first kappa shape index (κ1) is 17.1. The van der Waals surface area contributed by atoms with Gasteiger partial charge in [-0.1, -0.05) is 19.3 Å². The number of benzene rings is 1. The van der Waals surface area contributed by atoms with Crippen LogP contribution in [0.2, 0.25) is 0 Å². The molecule has 3 amide bonds. The summed E-state index contributed by atoms with van der Waals surface area (Å²) >= 11 is 0. The van der Waals surface area contributed by atoms with E-state index >= 15 is 0 Å². The fourth-order valence-electron chi connectivity index (χ4n) is 2.69. The molecule has 6 heteroatoms. The molecule has 2 rings (SSSR count). The minimum Gasteiger partial charge on any atom is -0.449 e. The lowest BCUT2D eigenvalue weighted by molar-refractivity contribution is 0.161. The molecule has 1 saturated carbocycles. The Labute approximate surface area is 137 Å². The number of carbonyl (C=O) groups excluding carboxylic acids is 2. The van der Waals surface area contributed by atoms with E-state index in [2.05, 4.69) is 10.6 Å². The van der Waals surface area contributed by atoms with Crippen LogP contribution in [0.1, 0.15) is 39.0 Å². The van der Waals surface area contributed by atoms with Crippen LogP contribution in [0.25, 0.3) is 0 Å². The van der Waals surface area contributed by atoms with Gasteiger partial charge in [-0.15, -0.1) is 0 Å². The van der Waals surface area contributed by atoms with Gasteiger partial charge in [0.2, 0.25) is 0 Å². The molecular formula is C17H25N3O3. The van der Waals surface area contributed by atoms with Gasteiger partial charge in [0, 0.05) is 24.5 Å². The van der Waals surface area contributed by atoms with Crippen LogP contribution < -0.4 is 15.5 Å². The second kappa shape index (κ2) is 8.41. The monoisotopic (exact) mass is 319 g/mol. The normalized spacial score (nSPS) is 14.9. The second-order valence-corrected chi connectivity index (χ2v) is 5.74. The molecule has 2 N–H and O–H groups in total. The third kappa shape index (κ3) is 5.16. The first-order chi connectivity index (χ1) is 11.1. The van der Waals surface area contributed by atoms with Gasteiger partial charge in [0.25, 0.3) is 0 Å². The Kier molecular flexibility index (Phi) is 6.26. The predicted octanol–water partition coefficient (Wildman–Crippen LogP) is 3.73. The molecule has 1 fully saturated rings. The summed E-state index contributed by atoms with van der Waals surface area (Å²) in [6.07, 6.45) is 5.32. The molecule has 0 aliphatic heterocycles. The van der Waals surface area contributed by atoms with Gasteiger partial charge < -0.3 is 15.4 Å². The van der Waals surface area contributed by atoms with E-state index in [0.717, 1.165) is 12.8 Å². The number of hydrogen-bond donors (Lipinski definition) is 2. The van der Waals surface area contributed by atoms with Crippen LogP contribution in [0.5, 0.6) is 0 Å². The summed E-state index contributed by atoms with van der Waals surface area (Å²) in [6, 6.07) is 7.18. The van der Waals surface area contributed by atoms with Gasteiger partial charge in [0.05, 0.1) is 6.61 Å². The zero-order chi connectivity index (χ0) is 16.7. The quantitative estimate of drug-likeness (QED) is 0.888. The summed E-state index contributed by atoms with van der Waals surface area (Å²) in [5.41, 5.74) is 1.40. The van der Waals surface area contributed by atoms with E-state index in [9.17, 15) is 9.59 Å². The van der Waals surface area contributed by atoms with Gasteiger partial charge in [-0.2, -0.15) is 0 Å². The van der Waals surface area contributed by atoms with Crippen LogP contribution in [-0.2, 0) is 4.74 Å². The fourth-order valence-corrected chi connectivity index (χ4v) is 2.69. The van der Waals surface area contributed by atoms with Crippen molar-refractivity contribution in [3.63, 3.8) is 0 Å². The molecule has 0 bridgehead atoms. The molecule has 0 aromatic heterocycles. The Bertz CT molecular complexity index is 524. The maximum atomic E-state index is 12.0. The molecule has 0 atom stereocenters. The van der Waals surface area contributed by atoms with Crippen molar-refractivity contribution in [3.05, 3.63) is 24.3 Å². The maximum Gasteiger partial charge on any atom is 0.413 e. The standard InChI is InChI=1S/C17H25N3O3/c1-3-23-17(22)20(2)15-11-9-14(10-12-15)19-16(21)18-13-7-5-4-6-8-13/h9-13H,3-8H2,1-2H3,(H2,18,19,21). The lowest BCUT2D eigenvalue weighted by Gasteiger charge is -2.23. The average Bonchev–Trinajstić information content (AvgIpc) is 2.56. The van der Waals surface area contributed by atoms with Crippen molar-refractivity contribution in [1.29, 1.82) is 0 Å². The van der Waals surface area contributed by atoms with Crippen LogP contribution in [0.3, 0.4) is 0 Å². The molecule has 126 valence electrons. The second-order valence-electron chi connectivity index (χ2n) is 5.74. The van der Waals surface area contributed by atoms with Crippen molar-refractivity contribution in [2.45, 2.75) is 45.1 Å². The molecule has 1 aromatic rings. The molecule has 1 aliphatic carbocycles. The molecule has 0 saturated heterocycles. The third-order valence-electron chi connectivity index (χ3n) is 3.99. The topological polar surface area (TPSA) is 70.7 Å². The van der Waals surface area contributed by atoms with Crippen LogP contribution in [0.15, 0.2) is 24.3 Å². The van der Waals surface area contributed by atoms with Gasteiger partial charge in [0.1, 0.15) is 0 Å². The van der Waals surface area contributed by atoms with Crippen molar-refractivity contribution < 1.29 is 14.3 Å². The van der Waals surface area contributed by atoms with E-state index in [4.69, 9.17) is 4.74 Å². The summed E-state index contributed by atoms with van der Waals surface area (Å²) < 4.78 is 4.94. The number of nitrogens with one attached hydrogen (secondary N) is 2. The largest absolute Gasteiger partial charge is 0.449 e. The van der Waals surface area contributed by atoms with Gasteiger partial charge in [-0.25, -0.2) is 9.59 Å². The number of nitrogens with zero attached hydrogens (tertiary/aromatic N) is 1. The smallest absolute Gasteiger partial charge is 0.413 e. The highest BCUT2D eigenvalue weighted by Crippen LogP contribution is 2.19. The Morgan fingerprint density at radius 3 is 2.43 bits per heavy atom. The molecular weight excluding hydrogens is 294 g/mol. The maximum absolute atomic E-state index is 12.0. The van der Waals surface area contributed by atoms with Crippen LogP contribution in [-0.4, -0.2) is 31.8 Å². The van der Waals surface area contributed by atoms with Crippen LogP contribution >= 0.6 is 0 Å². The number of urea groups is 1. The van der Waals surface area contributed by atoms with Gasteiger partial charge >= 0.3 is 12.1 Å². The molecule has 6 nitrogen and oxygen atoms in total. The van der Waals surface area contributed by atoms with Crippen molar-refractivity contribution in [2.75, 3.05) is 23.9 Å². The molecule has 1 aromatic carbocycles. The number of amides is 3. The summed E-state index contributed by atoms with van der Waals surface area (Å²) in [5, 5.41) is 5.83. The molecule has 0 heterocycles. The van der Waals surface area contributed by atoms with Crippen molar-refractivity contribution in [2.24, 2.45) is 0 Å². The van der Waals surface area contributed by atoms with Crippen molar-refractivity contribution in [3.8, 4) is 0 Å². The first-order valence-corrected chi connectivity index (χ1v) is 8.18. The molecule has 0 spiro atoms. The Balaban J connectivity index is 1.86. The number of rotatable bonds is 4. The van der Waals surface area contributed by atoms with Crippen molar-refractivity contribution >= 4 is 23.5 Å². The van der Waals surface area contributed by atoms with E-state index in [-0.39, 0.29) is 12.1 Å². The zero-order valence-electron chi connectivity index (χ0n) is 13.8. The summed E-state index contributed by atoms with van der Waals surface area (Å²) in [5.74, 6) is 0. The Hall–Kier alpha value is -2.24. The summed E-state index contributed by atoms with van der Waals surface area (Å²) in [4.78, 5) is 25.1. The first-order valence-electron chi connectivity index (χ1n) is 8.18. The Morgan fingerprint density at radius 2 is 1.83 bits per heavy atom. The highest BCUT2D eigenvalue weighted by atomic mass is 16.6. The molecule has 0 unspecified atom stereocenters. The molecule has 23 heavy (non-hydrogen) atoms. The van der Waals surface area contributed by atoms with Gasteiger partial charge in [-0.3, -0.25) is 4.90 Å². The van der Waals surface area contributed by atoms with E-state index in [1.165, 1.54) is 24.2 Å². The van der Waals surface area contributed by atoms with Crippen molar-refractivity contribution in [1.82, 2.24) is 5.32 Å². The van der Waals surface area contributed by atoms with E-state index < -0.39 is 6.09 Å². The average molecular weight is 319 g/mol. The third-order valence-corrected chi connectivity index (χ3v) is 3.99. The highest BCUT2D eigenvalue weighted by molar-refractivity contribution is 5.91. The molecule has 1 aliphatic rings. The number of anilines is 2. The van der Waals surface area contributed by atoms with E-state index in [1.807, 2.05) is 0 Å². The number of ether oxygens (including phenoxy) is 1. The minimum atomic E-state index is -0.400. The number of hydrogen-bond acceptors (Lipinski definition) is 3.